The largest absolute Gasteiger partial charge is 0.323 e. The molecule has 1 aliphatic heterocycles. The monoisotopic (exact) mass is 375 g/mol. The molecule has 0 radical (unpaired) electrons. The maximum Gasteiger partial charge on any atom is 0.271 e. The molecule has 142 valence electrons. The van der Waals surface area contributed by atoms with Crippen LogP contribution in [-0.4, -0.2) is 22.9 Å². The van der Waals surface area contributed by atoms with Crippen LogP contribution in [-0.2, 0) is 4.79 Å². The van der Waals surface area contributed by atoms with Gasteiger partial charge in [0.2, 0.25) is 5.91 Å². The molecule has 4 N–H and O–H groups in total. The summed E-state index contributed by atoms with van der Waals surface area (Å²) < 4.78 is 1.85. The molecule has 2 heterocycles. The van der Waals surface area contributed by atoms with Crippen LogP contribution in [0.2, 0.25) is 0 Å². The predicted octanol–water partition coefficient (Wildman–Crippen LogP) is 1.70. The summed E-state index contributed by atoms with van der Waals surface area (Å²) >= 11 is 0. The first kappa shape index (κ1) is 18.0. The van der Waals surface area contributed by atoms with Crippen molar-refractivity contribution >= 4 is 11.8 Å². The number of aromatic nitrogens is 1. The summed E-state index contributed by atoms with van der Waals surface area (Å²) in [4.78, 5) is 25.3. The van der Waals surface area contributed by atoms with Crippen molar-refractivity contribution in [1.82, 2.24) is 26.3 Å². The zero-order valence-corrected chi connectivity index (χ0v) is 15.1. The first-order valence-electron chi connectivity index (χ1n) is 9.10. The van der Waals surface area contributed by atoms with Gasteiger partial charge in [-0.15, -0.1) is 0 Å². The van der Waals surface area contributed by atoms with Crippen molar-refractivity contribution in [2.24, 2.45) is 5.92 Å². The van der Waals surface area contributed by atoms with Crippen LogP contribution in [0.25, 0.3) is 5.69 Å². The van der Waals surface area contributed by atoms with E-state index >= 15 is 0 Å². The first-order chi connectivity index (χ1) is 13.7. The Bertz CT molecular complexity index is 956. The highest BCUT2D eigenvalue weighted by Crippen LogP contribution is 2.24. The van der Waals surface area contributed by atoms with Gasteiger partial charge in [0, 0.05) is 18.9 Å². The Labute approximate surface area is 162 Å². The maximum atomic E-state index is 12.7. The summed E-state index contributed by atoms with van der Waals surface area (Å²) in [5.41, 5.74) is 13.5. The Hall–Kier alpha value is -3.42. The molecule has 1 saturated heterocycles. The fourth-order valence-corrected chi connectivity index (χ4v) is 3.38. The first-order valence-corrected chi connectivity index (χ1v) is 9.10. The number of hydrogen-bond acceptors (Lipinski definition) is 4. The minimum absolute atomic E-state index is 0.162. The Balaban J connectivity index is 1.44. The van der Waals surface area contributed by atoms with Crippen molar-refractivity contribution in [2.45, 2.75) is 6.04 Å². The highest BCUT2D eigenvalue weighted by Gasteiger charge is 2.34. The van der Waals surface area contributed by atoms with Gasteiger partial charge in [-0.1, -0.05) is 42.5 Å². The second kappa shape index (κ2) is 8.08. The topological polar surface area (TPSA) is 87.2 Å². The van der Waals surface area contributed by atoms with Gasteiger partial charge in [-0.3, -0.25) is 25.9 Å². The predicted molar refractivity (Wildman–Crippen MR) is 105 cm³/mol. The van der Waals surface area contributed by atoms with E-state index in [2.05, 4.69) is 21.7 Å². The van der Waals surface area contributed by atoms with Gasteiger partial charge in [0.1, 0.15) is 0 Å². The molecular formula is C21H21N5O2. The van der Waals surface area contributed by atoms with Crippen LogP contribution in [0.3, 0.4) is 0 Å². The van der Waals surface area contributed by atoms with Crippen LogP contribution in [0.4, 0.5) is 0 Å². The van der Waals surface area contributed by atoms with Crippen molar-refractivity contribution in [3.05, 3.63) is 90.3 Å². The van der Waals surface area contributed by atoms with Crippen LogP contribution in [0.15, 0.2) is 79.1 Å². The van der Waals surface area contributed by atoms with Gasteiger partial charge < -0.3 is 4.57 Å². The van der Waals surface area contributed by atoms with E-state index in [1.54, 1.807) is 12.1 Å². The number of rotatable bonds is 4. The maximum absolute atomic E-state index is 12.7. The fourth-order valence-electron chi connectivity index (χ4n) is 3.38. The molecule has 28 heavy (non-hydrogen) atoms. The highest BCUT2D eigenvalue weighted by atomic mass is 16.2. The molecule has 7 heteroatoms. The van der Waals surface area contributed by atoms with E-state index in [0.29, 0.717) is 12.1 Å². The minimum Gasteiger partial charge on any atom is -0.323 e. The second-order valence-electron chi connectivity index (χ2n) is 6.57. The number of nitrogens with zero attached hydrogens (tertiary/aromatic N) is 1. The molecule has 7 nitrogen and oxygen atoms in total. The average Bonchev–Trinajstić information content (AvgIpc) is 3.44. The zero-order valence-electron chi connectivity index (χ0n) is 15.1. The molecular weight excluding hydrogens is 354 g/mol. The van der Waals surface area contributed by atoms with Crippen molar-refractivity contribution in [1.29, 1.82) is 0 Å². The number of hydrazine groups is 2. The lowest BCUT2D eigenvalue weighted by atomic mass is 9.94. The standard InChI is InChI=1S/C21H21N5O2/c27-20(16-10-4-5-11-18(16)26-12-6-7-13-26)24-25-21(28)17-14-22-23-19(17)15-8-2-1-3-9-15/h1-13,17,19,22-23H,14H2,(H,24,27)(H,25,28). The third-order valence-corrected chi connectivity index (χ3v) is 4.81. The van der Waals surface area contributed by atoms with Crippen molar-refractivity contribution < 1.29 is 9.59 Å². The number of amides is 2. The van der Waals surface area contributed by atoms with Crippen LogP contribution in [0.1, 0.15) is 22.0 Å². The zero-order chi connectivity index (χ0) is 19.3. The molecule has 1 aliphatic rings. The molecule has 2 unspecified atom stereocenters. The number of nitrogens with one attached hydrogen (secondary N) is 4. The van der Waals surface area contributed by atoms with Crippen LogP contribution >= 0.6 is 0 Å². The van der Waals surface area contributed by atoms with Crippen LogP contribution in [0.5, 0.6) is 0 Å². The molecule has 3 aromatic rings. The van der Waals surface area contributed by atoms with E-state index < -0.39 is 0 Å². The molecule has 0 spiro atoms. The lowest BCUT2D eigenvalue weighted by Crippen LogP contribution is -2.46. The van der Waals surface area contributed by atoms with Crippen molar-refractivity contribution in [3.8, 4) is 5.69 Å². The molecule has 0 bridgehead atoms. The third kappa shape index (κ3) is 3.66. The molecule has 2 aromatic carbocycles. The summed E-state index contributed by atoms with van der Waals surface area (Å²) in [6.07, 6.45) is 3.73. The lowest BCUT2D eigenvalue weighted by Gasteiger charge is -2.19. The van der Waals surface area contributed by atoms with Gasteiger partial charge in [0.15, 0.2) is 0 Å². The van der Waals surface area contributed by atoms with E-state index in [1.807, 2.05) is 71.6 Å². The molecule has 4 rings (SSSR count). The smallest absolute Gasteiger partial charge is 0.271 e. The van der Waals surface area contributed by atoms with Gasteiger partial charge in [0.05, 0.1) is 23.2 Å². The van der Waals surface area contributed by atoms with E-state index in [0.717, 1.165) is 11.3 Å². The van der Waals surface area contributed by atoms with Gasteiger partial charge in [-0.2, -0.15) is 0 Å². The molecule has 1 aromatic heterocycles. The number of hydrogen-bond donors (Lipinski definition) is 4. The Morgan fingerprint density at radius 3 is 2.39 bits per heavy atom. The molecule has 0 aliphatic carbocycles. The summed E-state index contributed by atoms with van der Waals surface area (Å²) in [5.74, 6) is -0.964. The fraction of sp³-hybridized carbons (Fsp3) is 0.143. The quantitative estimate of drug-likeness (QED) is 0.523. The van der Waals surface area contributed by atoms with Crippen molar-refractivity contribution in [2.75, 3.05) is 6.54 Å². The average molecular weight is 375 g/mol. The SMILES string of the molecule is O=C(NNC(=O)C1CNNC1c1ccccc1)c1ccccc1-n1cccc1. The van der Waals surface area contributed by atoms with Crippen LogP contribution < -0.4 is 21.7 Å². The van der Waals surface area contributed by atoms with Crippen LogP contribution in [0, 0.1) is 5.92 Å². The second-order valence-corrected chi connectivity index (χ2v) is 6.57. The highest BCUT2D eigenvalue weighted by molar-refractivity contribution is 5.98. The third-order valence-electron chi connectivity index (χ3n) is 4.81. The number of benzene rings is 2. The molecule has 0 saturated carbocycles. The van der Waals surface area contributed by atoms with E-state index in [9.17, 15) is 9.59 Å². The van der Waals surface area contributed by atoms with Gasteiger partial charge >= 0.3 is 0 Å². The molecule has 2 amide bonds. The summed E-state index contributed by atoms with van der Waals surface area (Å²) in [6.45, 7) is 0.473. The van der Waals surface area contributed by atoms with Gasteiger partial charge in [0.25, 0.3) is 5.91 Å². The van der Waals surface area contributed by atoms with E-state index in [-0.39, 0.29) is 23.8 Å². The number of carbonyl (C=O) groups is 2. The Kier molecular flexibility index (Phi) is 5.18. The van der Waals surface area contributed by atoms with Gasteiger partial charge in [-0.25, -0.2) is 5.43 Å². The minimum atomic E-state index is -0.368. The lowest BCUT2D eigenvalue weighted by molar-refractivity contribution is -0.125. The summed E-state index contributed by atoms with van der Waals surface area (Å²) in [6, 6.07) is 20.6. The molecule has 2 atom stereocenters. The van der Waals surface area contributed by atoms with Gasteiger partial charge in [-0.05, 0) is 29.8 Å². The van der Waals surface area contributed by atoms with Crippen molar-refractivity contribution in [3.63, 3.8) is 0 Å². The Morgan fingerprint density at radius 2 is 1.61 bits per heavy atom. The normalized spacial score (nSPS) is 18.6. The number of para-hydroxylation sites is 1. The Morgan fingerprint density at radius 1 is 0.893 bits per heavy atom. The molecule has 1 fully saturated rings. The number of carbonyl (C=O) groups excluding carboxylic acids is 2. The summed E-state index contributed by atoms with van der Waals surface area (Å²) in [5, 5.41) is 0. The van der Waals surface area contributed by atoms with E-state index in [1.165, 1.54) is 0 Å². The summed E-state index contributed by atoms with van der Waals surface area (Å²) in [7, 11) is 0. The van der Waals surface area contributed by atoms with E-state index in [4.69, 9.17) is 0 Å².